The minimum atomic E-state index is -0.478. The van der Waals surface area contributed by atoms with E-state index in [0.717, 1.165) is 36.1 Å². The molecule has 1 aliphatic heterocycles. The van der Waals surface area contributed by atoms with Crippen molar-refractivity contribution >= 4 is 30.4 Å². The van der Waals surface area contributed by atoms with Gasteiger partial charge in [0.25, 0.3) is 0 Å². The van der Waals surface area contributed by atoms with Crippen molar-refractivity contribution in [2.45, 2.75) is 57.7 Å². The Hall–Kier alpha value is -1.98. The third-order valence-electron chi connectivity index (χ3n) is 5.13. The number of hydrogen-bond acceptors (Lipinski definition) is 3. The van der Waals surface area contributed by atoms with Crippen LogP contribution in [0.2, 0.25) is 0 Å². The molecular weight excluding hydrogens is 301 g/mol. The highest BCUT2D eigenvalue weighted by Crippen LogP contribution is 2.50. The molecule has 6 heteroatoms. The molecule has 5 nitrogen and oxygen atoms in total. The lowest BCUT2D eigenvalue weighted by Crippen LogP contribution is -2.43. The van der Waals surface area contributed by atoms with E-state index >= 15 is 0 Å². The summed E-state index contributed by atoms with van der Waals surface area (Å²) in [7, 11) is 2.07. The number of aromatic amines is 1. The number of nitrogens with zero attached hydrogens (tertiary/aromatic N) is 2. The van der Waals surface area contributed by atoms with Gasteiger partial charge in [-0.25, -0.2) is 9.78 Å². The average molecular weight is 325 g/mol. The average Bonchev–Trinajstić information content (AvgIpc) is 3.17. The molecule has 24 heavy (non-hydrogen) atoms. The van der Waals surface area contributed by atoms with E-state index in [1.165, 1.54) is 5.46 Å². The molecule has 1 unspecified atom stereocenters. The van der Waals surface area contributed by atoms with Gasteiger partial charge in [0, 0.05) is 6.04 Å². The Bertz CT molecular complexity index is 795. The molecular formula is C18H24BN3O2. The van der Waals surface area contributed by atoms with E-state index in [2.05, 4.69) is 25.0 Å². The predicted octanol–water partition coefficient (Wildman–Crippen LogP) is 2.28. The summed E-state index contributed by atoms with van der Waals surface area (Å²) >= 11 is 0. The normalized spacial score (nSPS) is 26.3. The summed E-state index contributed by atoms with van der Waals surface area (Å²) in [5.41, 5.74) is 2.73. The number of imidazole rings is 1. The molecule has 1 saturated heterocycles. The second-order valence-electron chi connectivity index (χ2n) is 8.20. The number of rotatable bonds is 1. The number of carbonyl (C=O) groups excluding carboxylic acids is 1. The van der Waals surface area contributed by atoms with Gasteiger partial charge >= 0.3 is 6.09 Å². The number of piperidine rings is 1. The van der Waals surface area contributed by atoms with Gasteiger partial charge < -0.3 is 9.72 Å². The van der Waals surface area contributed by atoms with Crippen LogP contribution in [0.5, 0.6) is 0 Å². The molecule has 2 aliphatic rings. The first kappa shape index (κ1) is 15.5. The number of hydrogen-bond donors (Lipinski definition) is 1. The van der Waals surface area contributed by atoms with E-state index < -0.39 is 5.60 Å². The first-order chi connectivity index (χ1) is 11.3. The summed E-state index contributed by atoms with van der Waals surface area (Å²) in [6.07, 6.45) is 3.07. The number of ether oxygens (including phenoxy) is 1. The lowest BCUT2D eigenvalue weighted by molar-refractivity contribution is 0.00623. The van der Waals surface area contributed by atoms with Crippen molar-refractivity contribution in [3.63, 3.8) is 0 Å². The van der Waals surface area contributed by atoms with Gasteiger partial charge in [-0.1, -0.05) is 11.5 Å². The molecule has 1 aromatic heterocycles. The van der Waals surface area contributed by atoms with E-state index in [1.807, 2.05) is 31.7 Å². The quantitative estimate of drug-likeness (QED) is 0.819. The highest BCUT2D eigenvalue weighted by atomic mass is 16.6. The lowest BCUT2D eigenvalue weighted by atomic mass is 9.96. The smallest absolute Gasteiger partial charge is 0.411 e. The lowest BCUT2D eigenvalue weighted by Gasteiger charge is -2.35. The van der Waals surface area contributed by atoms with Crippen molar-refractivity contribution in [1.82, 2.24) is 14.9 Å². The number of aromatic nitrogens is 2. The van der Waals surface area contributed by atoms with Crippen LogP contribution in [0.25, 0.3) is 11.0 Å². The molecule has 2 fully saturated rings. The van der Waals surface area contributed by atoms with Crippen LogP contribution in [0, 0.1) is 5.92 Å². The van der Waals surface area contributed by atoms with E-state index in [4.69, 9.17) is 9.72 Å². The van der Waals surface area contributed by atoms with E-state index in [-0.39, 0.29) is 18.2 Å². The highest BCUT2D eigenvalue weighted by Gasteiger charge is 2.51. The van der Waals surface area contributed by atoms with Gasteiger partial charge in [-0.3, -0.25) is 4.90 Å². The maximum Gasteiger partial charge on any atom is 0.411 e. The Kier molecular flexibility index (Phi) is 3.41. The number of nitrogens with one attached hydrogen (secondary N) is 1. The summed E-state index contributed by atoms with van der Waals surface area (Å²) in [5, 5.41) is 0. The van der Waals surface area contributed by atoms with E-state index in [1.54, 1.807) is 0 Å². The fourth-order valence-corrected chi connectivity index (χ4v) is 4.20. The largest absolute Gasteiger partial charge is 0.444 e. The van der Waals surface area contributed by atoms with Gasteiger partial charge in [-0.15, -0.1) is 0 Å². The Morgan fingerprint density at radius 3 is 2.92 bits per heavy atom. The summed E-state index contributed by atoms with van der Waals surface area (Å²) in [4.78, 5) is 22.9. The minimum absolute atomic E-state index is 0.00584. The number of H-pyrrole nitrogens is 1. The molecule has 2 heterocycles. The van der Waals surface area contributed by atoms with Crippen LogP contribution in [-0.2, 0) is 4.74 Å². The summed E-state index contributed by atoms with van der Waals surface area (Å²) in [5.74, 6) is 1.37. The fourth-order valence-electron chi connectivity index (χ4n) is 4.20. The summed E-state index contributed by atoms with van der Waals surface area (Å²) in [6.45, 7) is 5.74. The molecule has 0 radical (unpaired) electrons. The molecule has 0 spiro atoms. The number of fused-ring (bicyclic) bond motifs is 3. The van der Waals surface area contributed by atoms with Crippen molar-refractivity contribution in [3.8, 4) is 0 Å². The standard InChI is InChI=1S/C18H24BN3O2/c1-18(2,3)24-17(23)22-12-6-4-10(8-12)15(22)16-20-13-7-5-11(19)9-14(13)21-16/h5,7,9-10,12,15H,4,6,8,19H2,1-3H3,(H,20,21)/t10-,12+,15?/m0/s1. The van der Waals surface area contributed by atoms with Crippen LogP contribution >= 0.6 is 0 Å². The molecule has 1 N–H and O–H groups in total. The molecule has 2 bridgehead atoms. The molecule has 1 aliphatic carbocycles. The Morgan fingerprint density at radius 1 is 1.38 bits per heavy atom. The van der Waals surface area contributed by atoms with Crippen LogP contribution in [0.15, 0.2) is 18.2 Å². The van der Waals surface area contributed by atoms with Crippen LogP contribution in [0.3, 0.4) is 0 Å². The number of carbonyl (C=O) groups is 1. The summed E-state index contributed by atoms with van der Waals surface area (Å²) in [6, 6.07) is 6.50. The molecule has 1 saturated carbocycles. The SMILES string of the molecule is Bc1ccc2nc(C3[C@H]4CC[C@H](C4)N3C(=O)OC(C)(C)C)[nH]c2c1. The van der Waals surface area contributed by atoms with E-state index in [9.17, 15) is 4.79 Å². The second-order valence-corrected chi connectivity index (χ2v) is 8.20. The van der Waals surface area contributed by atoms with Gasteiger partial charge in [0.05, 0.1) is 17.1 Å². The van der Waals surface area contributed by atoms with Crippen molar-refractivity contribution in [2.75, 3.05) is 0 Å². The zero-order chi connectivity index (χ0) is 17.1. The van der Waals surface area contributed by atoms with Crippen LogP contribution in [0.4, 0.5) is 4.79 Å². The van der Waals surface area contributed by atoms with Crippen molar-refractivity contribution in [3.05, 3.63) is 24.0 Å². The Labute approximate surface area is 143 Å². The van der Waals surface area contributed by atoms with E-state index in [0.29, 0.717) is 5.92 Å². The third-order valence-corrected chi connectivity index (χ3v) is 5.13. The first-order valence-corrected chi connectivity index (χ1v) is 8.79. The third kappa shape index (κ3) is 2.58. The molecule has 1 aromatic carbocycles. The number of amides is 1. The Morgan fingerprint density at radius 2 is 2.17 bits per heavy atom. The predicted molar refractivity (Wildman–Crippen MR) is 96.2 cm³/mol. The monoisotopic (exact) mass is 325 g/mol. The van der Waals surface area contributed by atoms with Gasteiger partial charge in [0.15, 0.2) is 0 Å². The highest BCUT2D eigenvalue weighted by molar-refractivity contribution is 6.33. The molecule has 3 atom stereocenters. The molecule has 126 valence electrons. The topological polar surface area (TPSA) is 58.2 Å². The maximum atomic E-state index is 12.8. The zero-order valence-electron chi connectivity index (χ0n) is 14.8. The second kappa shape index (κ2) is 5.26. The fraction of sp³-hybridized carbons (Fsp3) is 0.556. The number of likely N-dealkylation sites (tertiary alicyclic amines) is 1. The van der Waals surface area contributed by atoms with Crippen LogP contribution in [0.1, 0.15) is 51.9 Å². The van der Waals surface area contributed by atoms with Gasteiger partial charge in [0.2, 0.25) is 0 Å². The summed E-state index contributed by atoms with van der Waals surface area (Å²) < 4.78 is 5.66. The molecule has 4 rings (SSSR count). The van der Waals surface area contributed by atoms with Gasteiger partial charge in [0.1, 0.15) is 19.3 Å². The van der Waals surface area contributed by atoms with Crippen molar-refractivity contribution in [2.24, 2.45) is 5.92 Å². The molecule has 2 aromatic rings. The van der Waals surface area contributed by atoms with Crippen molar-refractivity contribution in [1.29, 1.82) is 0 Å². The van der Waals surface area contributed by atoms with Crippen molar-refractivity contribution < 1.29 is 9.53 Å². The van der Waals surface area contributed by atoms with Gasteiger partial charge in [-0.2, -0.15) is 0 Å². The molecule has 1 amide bonds. The minimum Gasteiger partial charge on any atom is -0.444 e. The van der Waals surface area contributed by atoms with Crippen LogP contribution < -0.4 is 5.46 Å². The van der Waals surface area contributed by atoms with Crippen LogP contribution in [-0.4, -0.2) is 40.5 Å². The zero-order valence-corrected chi connectivity index (χ0v) is 14.8. The number of benzene rings is 1. The van der Waals surface area contributed by atoms with Gasteiger partial charge in [-0.05, 0) is 58.1 Å². The Balaban J connectivity index is 1.69. The maximum absolute atomic E-state index is 12.8. The first-order valence-electron chi connectivity index (χ1n) is 8.79.